The van der Waals surface area contributed by atoms with Crippen molar-refractivity contribution in [3.05, 3.63) is 69.5 Å². The highest BCUT2D eigenvalue weighted by Gasteiger charge is 2.23. The van der Waals surface area contributed by atoms with Crippen molar-refractivity contribution in [1.82, 2.24) is 5.32 Å². The molecule has 0 saturated heterocycles. The van der Waals surface area contributed by atoms with E-state index in [-0.39, 0.29) is 17.1 Å². The van der Waals surface area contributed by atoms with Crippen LogP contribution in [-0.4, -0.2) is 23.5 Å². The molecule has 120 valence electrons. The monoisotopic (exact) mass is 355 g/mol. The third kappa shape index (κ3) is 4.43. The maximum Gasteiger partial charge on any atom is 0.312 e. The Morgan fingerprint density at radius 3 is 2.35 bits per heavy atom. The lowest BCUT2D eigenvalue weighted by Gasteiger charge is -2.15. The maximum atomic E-state index is 12.8. The van der Waals surface area contributed by atoms with Crippen LogP contribution in [0.25, 0.3) is 0 Å². The summed E-state index contributed by atoms with van der Waals surface area (Å²) in [6, 6.07) is 9.41. The van der Waals surface area contributed by atoms with E-state index in [9.17, 15) is 19.1 Å². The molecular weight excluding hydrogens is 344 g/mol. The highest BCUT2D eigenvalue weighted by molar-refractivity contribution is 6.35. The number of hydrogen-bond acceptors (Lipinski definition) is 2. The van der Waals surface area contributed by atoms with Crippen molar-refractivity contribution in [2.24, 2.45) is 0 Å². The molecule has 1 atom stereocenters. The first-order valence-corrected chi connectivity index (χ1v) is 7.35. The van der Waals surface area contributed by atoms with E-state index in [0.29, 0.717) is 10.6 Å². The normalized spacial score (nSPS) is 11.8. The number of amides is 1. The Bertz CT molecular complexity index is 735. The van der Waals surface area contributed by atoms with Crippen molar-refractivity contribution in [3.63, 3.8) is 0 Å². The van der Waals surface area contributed by atoms with E-state index in [1.807, 2.05) is 0 Å². The summed E-state index contributed by atoms with van der Waals surface area (Å²) in [6.07, 6.45) is 0. The predicted octanol–water partition coefficient (Wildman–Crippen LogP) is 3.73. The van der Waals surface area contributed by atoms with E-state index in [1.54, 1.807) is 0 Å². The molecule has 2 aromatic rings. The van der Waals surface area contributed by atoms with E-state index in [0.717, 1.165) is 12.1 Å². The molecule has 7 heteroatoms. The first kappa shape index (κ1) is 17.2. The molecule has 0 heterocycles. The fourth-order valence-corrected chi connectivity index (χ4v) is 2.55. The van der Waals surface area contributed by atoms with E-state index in [2.05, 4.69) is 5.32 Å². The molecule has 0 fully saturated rings. The molecule has 0 saturated carbocycles. The standard InChI is InChI=1S/C16H12Cl2FNO3/c17-10-3-6-12(14(18)7-10)13(16(22)23)8-20-15(21)9-1-4-11(19)5-2-9/h1-7,13H,8H2,(H,20,21)(H,22,23). The molecule has 4 nitrogen and oxygen atoms in total. The summed E-state index contributed by atoms with van der Waals surface area (Å²) in [7, 11) is 0. The molecule has 0 spiro atoms. The Labute approximate surface area is 141 Å². The van der Waals surface area contributed by atoms with Crippen LogP contribution in [-0.2, 0) is 4.79 Å². The highest BCUT2D eigenvalue weighted by Crippen LogP contribution is 2.27. The number of carboxylic acids is 1. The number of carbonyl (C=O) groups is 2. The van der Waals surface area contributed by atoms with Crippen LogP contribution < -0.4 is 5.32 Å². The lowest BCUT2D eigenvalue weighted by molar-refractivity contribution is -0.138. The molecule has 0 radical (unpaired) electrons. The first-order valence-electron chi connectivity index (χ1n) is 6.60. The smallest absolute Gasteiger partial charge is 0.312 e. The quantitative estimate of drug-likeness (QED) is 0.858. The predicted molar refractivity (Wildman–Crippen MR) is 85.6 cm³/mol. The van der Waals surface area contributed by atoms with E-state index >= 15 is 0 Å². The summed E-state index contributed by atoms with van der Waals surface area (Å²) in [6.45, 7) is -0.160. The Balaban J connectivity index is 2.12. The van der Waals surface area contributed by atoms with Gasteiger partial charge in [0.25, 0.3) is 5.91 Å². The molecule has 2 N–H and O–H groups in total. The average molecular weight is 356 g/mol. The van der Waals surface area contributed by atoms with Gasteiger partial charge in [0, 0.05) is 22.2 Å². The second-order valence-electron chi connectivity index (χ2n) is 4.77. The molecule has 1 unspecified atom stereocenters. The van der Waals surface area contributed by atoms with Crippen LogP contribution in [0.3, 0.4) is 0 Å². The van der Waals surface area contributed by atoms with Gasteiger partial charge in [0.05, 0.1) is 0 Å². The number of hydrogen-bond donors (Lipinski definition) is 2. The summed E-state index contributed by atoms with van der Waals surface area (Å²) in [4.78, 5) is 23.4. The second-order valence-corrected chi connectivity index (χ2v) is 5.62. The maximum absolute atomic E-state index is 12.8. The Hall–Kier alpha value is -2.11. The van der Waals surface area contributed by atoms with Crippen molar-refractivity contribution in [1.29, 1.82) is 0 Å². The van der Waals surface area contributed by atoms with Gasteiger partial charge >= 0.3 is 5.97 Å². The Morgan fingerprint density at radius 2 is 1.78 bits per heavy atom. The summed E-state index contributed by atoms with van der Waals surface area (Å²) >= 11 is 11.8. The van der Waals surface area contributed by atoms with Gasteiger partial charge in [-0.1, -0.05) is 29.3 Å². The fourth-order valence-electron chi connectivity index (χ4n) is 2.01. The summed E-state index contributed by atoms with van der Waals surface area (Å²) in [5.41, 5.74) is 0.584. The van der Waals surface area contributed by atoms with Crippen molar-refractivity contribution >= 4 is 35.1 Å². The fraction of sp³-hybridized carbons (Fsp3) is 0.125. The molecule has 2 rings (SSSR count). The van der Waals surface area contributed by atoms with Gasteiger partial charge < -0.3 is 10.4 Å². The highest BCUT2D eigenvalue weighted by atomic mass is 35.5. The number of halogens is 3. The third-order valence-electron chi connectivity index (χ3n) is 3.21. The Kier molecular flexibility index (Phi) is 5.58. The van der Waals surface area contributed by atoms with E-state index in [1.165, 1.54) is 30.3 Å². The minimum atomic E-state index is -1.13. The first-order chi connectivity index (χ1) is 10.9. The third-order valence-corrected chi connectivity index (χ3v) is 3.77. The van der Waals surface area contributed by atoms with Crippen LogP contribution in [0.5, 0.6) is 0 Å². The van der Waals surface area contributed by atoms with Gasteiger partial charge in [-0.05, 0) is 42.0 Å². The minimum Gasteiger partial charge on any atom is -0.481 e. The van der Waals surface area contributed by atoms with Gasteiger partial charge in [-0.2, -0.15) is 0 Å². The number of nitrogens with one attached hydrogen (secondary N) is 1. The van der Waals surface area contributed by atoms with Gasteiger partial charge in [-0.3, -0.25) is 9.59 Å². The van der Waals surface area contributed by atoms with Crippen LogP contribution in [0.1, 0.15) is 21.8 Å². The van der Waals surface area contributed by atoms with Gasteiger partial charge in [-0.15, -0.1) is 0 Å². The molecule has 23 heavy (non-hydrogen) atoms. The van der Waals surface area contributed by atoms with Crippen molar-refractivity contribution < 1.29 is 19.1 Å². The molecule has 1 amide bonds. The largest absolute Gasteiger partial charge is 0.481 e. The number of benzene rings is 2. The van der Waals surface area contributed by atoms with Gasteiger partial charge in [0.1, 0.15) is 11.7 Å². The molecule has 0 aromatic heterocycles. The second kappa shape index (κ2) is 7.44. The van der Waals surface area contributed by atoms with Crippen LogP contribution in [0.2, 0.25) is 10.0 Å². The minimum absolute atomic E-state index is 0.160. The topological polar surface area (TPSA) is 66.4 Å². The average Bonchev–Trinajstić information content (AvgIpc) is 2.49. The lowest BCUT2D eigenvalue weighted by atomic mass is 9.99. The van der Waals surface area contributed by atoms with Crippen LogP contribution in [0.4, 0.5) is 4.39 Å². The van der Waals surface area contributed by atoms with Crippen molar-refractivity contribution in [2.45, 2.75) is 5.92 Å². The van der Waals surface area contributed by atoms with E-state index < -0.39 is 23.6 Å². The number of rotatable bonds is 5. The van der Waals surface area contributed by atoms with Crippen LogP contribution >= 0.6 is 23.2 Å². The van der Waals surface area contributed by atoms with Gasteiger partial charge in [0.15, 0.2) is 0 Å². The summed E-state index contributed by atoms with van der Waals surface area (Å²) < 4.78 is 12.8. The SMILES string of the molecule is O=C(NCC(C(=O)O)c1ccc(Cl)cc1Cl)c1ccc(F)cc1. The van der Waals surface area contributed by atoms with Crippen LogP contribution in [0.15, 0.2) is 42.5 Å². The summed E-state index contributed by atoms with van der Waals surface area (Å²) in [5, 5.41) is 12.5. The molecule has 0 aliphatic rings. The van der Waals surface area contributed by atoms with E-state index in [4.69, 9.17) is 23.2 Å². The van der Waals surface area contributed by atoms with Gasteiger partial charge in [0.2, 0.25) is 0 Å². The zero-order valence-corrected chi connectivity index (χ0v) is 13.2. The summed E-state index contributed by atoms with van der Waals surface area (Å²) in [5.74, 6) is -3.11. The van der Waals surface area contributed by atoms with Crippen molar-refractivity contribution in [3.8, 4) is 0 Å². The number of carbonyl (C=O) groups excluding carboxylic acids is 1. The molecule has 0 aliphatic heterocycles. The Morgan fingerprint density at radius 1 is 1.13 bits per heavy atom. The number of aliphatic carboxylic acids is 1. The molecule has 0 aliphatic carbocycles. The van der Waals surface area contributed by atoms with Crippen molar-refractivity contribution in [2.75, 3.05) is 6.54 Å². The zero-order valence-electron chi connectivity index (χ0n) is 11.7. The molecule has 0 bridgehead atoms. The molecular formula is C16H12Cl2FNO3. The molecule has 2 aromatic carbocycles. The number of carboxylic acid groups (broad SMARTS) is 1. The zero-order chi connectivity index (χ0) is 17.0. The van der Waals surface area contributed by atoms with Gasteiger partial charge in [-0.25, -0.2) is 4.39 Å². The lowest BCUT2D eigenvalue weighted by Crippen LogP contribution is -2.31. The van der Waals surface area contributed by atoms with Crippen LogP contribution in [0, 0.1) is 5.82 Å².